The molecule has 2 N–H and O–H groups in total. The first-order valence-corrected chi connectivity index (χ1v) is 9.59. The molecule has 25 heavy (non-hydrogen) atoms. The van der Waals surface area contributed by atoms with Crippen molar-refractivity contribution in [2.24, 2.45) is 0 Å². The molecule has 0 saturated heterocycles. The summed E-state index contributed by atoms with van der Waals surface area (Å²) >= 11 is 7.63. The quantitative estimate of drug-likeness (QED) is 0.843. The Labute approximate surface area is 157 Å². The highest BCUT2D eigenvalue weighted by molar-refractivity contribution is 8.03. The van der Waals surface area contributed by atoms with Crippen LogP contribution < -0.4 is 5.32 Å². The van der Waals surface area contributed by atoms with Gasteiger partial charge in [-0.2, -0.15) is 0 Å². The fraction of sp³-hybridized carbons (Fsp3) is 0.316. The van der Waals surface area contributed by atoms with Crippen molar-refractivity contribution in [3.8, 4) is 0 Å². The van der Waals surface area contributed by atoms with E-state index in [0.717, 1.165) is 24.3 Å². The minimum Gasteiger partial charge on any atom is -0.393 e. The molecule has 130 valence electrons. The van der Waals surface area contributed by atoms with E-state index in [1.54, 1.807) is 18.0 Å². The van der Waals surface area contributed by atoms with Crippen LogP contribution >= 0.6 is 23.4 Å². The summed E-state index contributed by atoms with van der Waals surface area (Å²) in [5.41, 5.74) is 3.71. The van der Waals surface area contributed by atoms with Crippen LogP contribution in [0.25, 0.3) is 0 Å². The lowest BCUT2D eigenvalue weighted by molar-refractivity contribution is 0.162. The number of thioether (sulfide) groups is 1. The fourth-order valence-electron chi connectivity index (χ4n) is 3.33. The van der Waals surface area contributed by atoms with E-state index in [2.05, 4.69) is 46.7 Å². The highest BCUT2D eigenvalue weighted by atomic mass is 35.5. The molecule has 6 heteroatoms. The standard InChI is InChI=1S/C19H20ClN3OS/c1-23-10-2-3-15-18(25-16-9-6-13(20)11-21-16)17(22-19(15)23)12-4-7-14(24)8-5-12/h2-4,6,9-11,14,19,22,24H,5,7-8H2,1H3. The van der Waals surface area contributed by atoms with E-state index in [-0.39, 0.29) is 12.3 Å². The summed E-state index contributed by atoms with van der Waals surface area (Å²) in [6, 6.07) is 3.82. The van der Waals surface area contributed by atoms with Gasteiger partial charge in [-0.3, -0.25) is 0 Å². The van der Waals surface area contributed by atoms with Crippen molar-refractivity contribution in [3.05, 3.63) is 69.5 Å². The summed E-state index contributed by atoms with van der Waals surface area (Å²) in [6.45, 7) is 0. The highest BCUT2D eigenvalue weighted by Crippen LogP contribution is 2.43. The van der Waals surface area contributed by atoms with Gasteiger partial charge in [-0.25, -0.2) is 4.98 Å². The van der Waals surface area contributed by atoms with Crippen LogP contribution in [0.3, 0.4) is 0 Å². The molecule has 0 spiro atoms. The van der Waals surface area contributed by atoms with Gasteiger partial charge in [0.1, 0.15) is 11.2 Å². The molecule has 0 saturated carbocycles. The lowest BCUT2D eigenvalue weighted by Crippen LogP contribution is -2.39. The number of hydrogen-bond acceptors (Lipinski definition) is 5. The maximum absolute atomic E-state index is 9.81. The summed E-state index contributed by atoms with van der Waals surface area (Å²) in [7, 11) is 2.08. The van der Waals surface area contributed by atoms with E-state index in [1.807, 2.05) is 12.1 Å². The zero-order chi connectivity index (χ0) is 17.4. The topological polar surface area (TPSA) is 48.4 Å². The summed E-state index contributed by atoms with van der Waals surface area (Å²) < 4.78 is 0. The summed E-state index contributed by atoms with van der Waals surface area (Å²) in [5, 5.41) is 15.0. The Kier molecular flexibility index (Phi) is 4.63. The Morgan fingerprint density at radius 2 is 2.28 bits per heavy atom. The normalized spacial score (nSPS) is 25.5. The third kappa shape index (κ3) is 3.36. The van der Waals surface area contributed by atoms with Crippen LogP contribution in [0.4, 0.5) is 0 Å². The van der Waals surface area contributed by atoms with Gasteiger partial charge in [0.25, 0.3) is 0 Å². The number of halogens is 1. The van der Waals surface area contributed by atoms with Crippen molar-refractivity contribution in [1.82, 2.24) is 15.2 Å². The number of likely N-dealkylation sites (N-methyl/N-ethyl adjacent to an activating group) is 1. The maximum Gasteiger partial charge on any atom is 0.126 e. The summed E-state index contributed by atoms with van der Waals surface area (Å²) in [6.07, 6.45) is 12.5. The average Bonchev–Trinajstić information content (AvgIpc) is 2.98. The summed E-state index contributed by atoms with van der Waals surface area (Å²) in [4.78, 5) is 7.82. The van der Waals surface area contributed by atoms with Crippen molar-refractivity contribution in [1.29, 1.82) is 0 Å². The monoisotopic (exact) mass is 373 g/mol. The van der Waals surface area contributed by atoms with E-state index in [1.165, 1.54) is 21.7 Å². The van der Waals surface area contributed by atoms with Crippen LogP contribution in [0, 0.1) is 0 Å². The highest BCUT2D eigenvalue weighted by Gasteiger charge is 2.34. The van der Waals surface area contributed by atoms with Crippen molar-refractivity contribution in [2.45, 2.75) is 36.6 Å². The van der Waals surface area contributed by atoms with E-state index < -0.39 is 0 Å². The number of aliphatic hydroxyl groups is 1. The van der Waals surface area contributed by atoms with Crippen molar-refractivity contribution in [2.75, 3.05) is 7.05 Å². The second kappa shape index (κ2) is 6.90. The zero-order valence-corrected chi connectivity index (χ0v) is 15.5. The van der Waals surface area contributed by atoms with E-state index in [4.69, 9.17) is 11.6 Å². The van der Waals surface area contributed by atoms with E-state index >= 15 is 0 Å². The van der Waals surface area contributed by atoms with Crippen LogP contribution in [0.5, 0.6) is 0 Å². The fourth-order valence-corrected chi connectivity index (χ4v) is 4.48. The second-order valence-electron chi connectivity index (χ2n) is 6.45. The van der Waals surface area contributed by atoms with Gasteiger partial charge in [-0.05, 0) is 43.0 Å². The van der Waals surface area contributed by atoms with Gasteiger partial charge >= 0.3 is 0 Å². The van der Waals surface area contributed by atoms with E-state index in [9.17, 15) is 5.11 Å². The first kappa shape index (κ1) is 16.8. The van der Waals surface area contributed by atoms with Crippen LogP contribution in [-0.4, -0.2) is 34.3 Å². The molecule has 4 rings (SSSR count). The number of fused-ring (bicyclic) bond motifs is 1. The number of aromatic nitrogens is 1. The first-order chi connectivity index (χ1) is 12.1. The molecule has 1 aromatic rings. The molecule has 3 aliphatic rings. The number of hydrogen-bond donors (Lipinski definition) is 2. The van der Waals surface area contributed by atoms with Gasteiger partial charge in [-0.15, -0.1) is 0 Å². The van der Waals surface area contributed by atoms with Gasteiger partial charge in [-0.1, -0.05) is 35.5 Å². The third-order valence-electron chi connectivity index (χ3n) is 4.68. The molecule has 2 aliphatic heterocycles. The molecule has 1 aromatic heterocycles. The predicted molar refractivity (Wildman–Crippen MR) is 102 cm³/mol. The largest absolute Gasteiger partial charge is 0.393 e. The molecule has 2 unspecified atom stereocenters. The van der Waals surface area contributed by atoms with Gasteiger partial charge in [0, 0.05) is 29.9 Å². The lowest BCUT2D eigenvalue weighted by Gasteiger charge is -2.28. The molecular weight excluding hydrogens is 354 g/mol. The molecule has 0 fully saturated rings. The Bertz CT molecular complexity index is 797. The number of allylic oxidation sites excluding steroid dienone is 3. The van der Waals surface area contributed by atoms with Crippen molar-refractivity contribution in [3.63, 3.8) is 0 Å². The Hall–Kier alpha value is -1.69. The molecule has 2 atom stereocenters. The number of pyridine rings is 1. The Morgan fingerprint density at radius 3 is 3.00 bits per heavy atom. The smallest absolute Gasteiger partial charge is 0.126 e. The Morgan fingerprint density at radius 1 is 1.40 bits per heavy atom. The van der Waals surface area contributed by atoms with Crippen molar-refractivity contribution < 1.29 is 5.11 Å². The number of nitrogens with one attached hydrogen (secondary N) is 1. The minimum atomic E-state index is -0.217. The molecule has 3 heterocycles. The number of rotatable bonds is 3. The summed E-state index contributed by atoms with van der Waals surface area (Å²) in [5.74, 6) is 0. The average molecular weight is 374 g/mol. The molecule has 0 bridgehead atoms. The van der Waals surface area contributed by atoms with Crippen LogP contribution in [0.1, 0.15) is 19.3 Å². The molecule has 0 radical (unpaired) electrons. The SMILES string of the molecule is CN1C=CC=C2C(Sc3ccc(Cl)cn3)=C(C3=CCC(O)CC3)NC21. The molecular formula is C19H20ClN3OS. The maximum atomic E-state index is 9.81. The molecule has 4 nitrogen and oxygen atoms in total. The lowest BCUT2D eigenvalue weighted by atomic mass is 9.95. The first-order valence-electron chi connectivity index (χ1n) is 8.40. The predicted octanol–water partition coefficient (Wildman–Crippen LogP) is 3.82. The van der Waals surface area contributed by atoms with Gasteiger partial charge < -0.3 is 15.3 Å². The number of aliphatic hydroxyl groups excluding tert-OH is 1. The van der Waals surface area contributed by atoms with E-state index in [0.29, 0.717) is 5.02 Å². The molecule has 0 aromatic carbocycles. The zero-order valence-electron chi connectivity index (χ0n) is 13.9. The van der Waals surface area contributed by atoms with Crippen molar-refractivity contribution >= 4 is 23.4 Å². The van der Waals surface area contributed by atoms with Crippen LogP contribution in [0.2, 0.25) is 5.02 Å². The Balaban J connectivity index is 1.72. The van der Waals surface area contributed by atoms with Gasteiger partial charge in [0.05, 0.1) is 16.8 Å². The van der Waals surface area contributed by atoms with Gasteiger partial charge in [0.15, 0.2) is 0 Å². The number of nitrogens with zero attached hydrogens (tertiary/aromatic N) is 2. The minimum absolute atomic E-state index is 0.141. The van der Waals surface area contributed by atoms with Gasteiger partial charge in [0.2, 0.25) is 0 Å². The third-order valence-corrected chi connectivity index (χ3v) is 6.00. The molecule has 0 amide bonds. The van der Waals surface area contributed by atoms with Crippen LogP contribution in [0.15, 0.2) is 69.5 Å². The van der Waals surface area contributed by atoms with Crippen LogP contribution in [-0.2, 0) is 0 Å². The molecule has 1 aliphatic carbocycles. The second-order valence-corrected chi connectivity index (χ2v) is 7.92.